The summed E-state index contributed by atoms with van der Waals surface area (Å²) in [6.45, 7) is 5.06. The molecule has 1 aliphatic rings. The van der Waals surface area contributed by atoms with Crippen LogP contribution in [0.3, 0.4) is 0 Å². The first kappa shape index (κ1) is 14.9. The van der Waals surface area contributed by atoms with Crippen molar-refractivity contribution in [3.63, 3.8) is 0 Å². The van der Waals surface area contributed by atoms with Crippen molar-refractivity contribution in [3.05, 3.63) is 29.3 Å². The number of hydrogen-bond donors (Lipinski definition) is 2. The molecule has 0 aromatic heterocycles. The number of nitrogen functional groups attached to an aromatic ring is 1. The van der Waals surface area contributed by atoms with E-state index < -0.39 is 0 Å². The third-order valence-corrected chi connectivity index (χ3v) is 4.33. The second kappa shape index (κ2) is 6.78. The van der Waals surface area contributed by atoms with Crippen LogP contribution in [0.5, 0.6) is 0 Å². The van der Waals surface area contributed by atoms with Gasteiger partial charge in [-0.1, -0.05) is 32.3 Å². The molecular formula is C17H26N2O. The SMILES string of the molecule is Cc1ccc(C(=O)NCCC2CCCC(C)C2)c(N)c1. The van der Waals surface area contributed by atoms with E-state index in [0.717, 1.165) is 30.4 Å². The largest absolute Gasteiger partial charge is 0.398 e. The molecule has 3 N–H and O–H groups in total. The van der Waals surface area contributed by atoms with Gasteiger partial charge >= 0.3 is 0 Å². The number of amides is 1. The third-order valence-electron chi connectivity index (χ3n) is 4.33. The van der Waals surface area contributed by atoms with Crippen LogP contribution in [-0.4, -0.2) is 12.5 Å². The van der Waals surface area contributed by atoms with Crippen LogP contribution in [0.15, 0.2) is 18.2 Å². The maximum absolute atomic E-state index is 12.1. The average Bonchev–Trinajstić information content (AvgIpc) is 2.38. The molecule has 110 valence electrons. The number of aryl methyl sites for hydroxylation is 1. The highest BCUT2D eigenvalue weighted by Crippen LogP contribution is 2.30. The second-order valence-electron chi connectivity index (χ2n) is 6.27. The lowest BCUT2D eigenvalue weighted by atomic mass is 9.81. The molecule has 2 atom stereocenters. The zero-order valence-corrected chi connectivity index (χ0v) is 12.6. The monoisotopic (exact) mass is 274 g/mol. The molecular weight excluding hydrogens is 248 g/mol. The van der Waals surface area contributed by atoms with E-state index in [1.54, 1.807) is 0 Å². The van der Waals surface area contributed by atoms with E-state index in [4.69, 9.17) is 5.73 Å². The van der Waals surface area contributed by atoms with Crippen molar-refractivity contribution in [3.8, 4) is 0 Å². The maximum Gasteiger partial charge on any atom is 0.253 e. The van der Waals surface area contributed by atoms with Crippen molar-refractivity contribution in [1.29, 1.82) is 0 Å². The number of carbonyl (C=O) groups excluding carboxylic acids is 1. The van der Waals surface area contributed by atoms with Gasteiger partial charge in [0.1, 0.15) is 0 Å². The maximum atomic E-state index is 12.1. The van der Waals surface area contributed by atoms with Gasteiger partial charge in [-0.2, -0.15) is 0 Å². The molecule has 2 rings (SSSR count). The minimum atomic E-state index is -0.0497. The second-order valence-corrected chi connectivity index (χ2v) is 6.27. The number of anilines is 1. The van der Waals surface area contributed by atoms with Gasteiger partial charge in [-0.3, -0.25) is 4.79 Å². The highest BCUT2D eigenvalue weighted by molar-refractivity contribution is 5.99. The van der Waals surface area contributed by atoms with E-state index in [9.17, 15) is 4.79 Å². The van der Waals surface area contributed by atoms with E-state index in [2.05, 4.69) is 12.2 Å². The first-order valence-electron chi connectivity index (χ1n) is 7.70. The highest BCUT2D eigenvalue weighted by atomic mass is 16.1. The lowest BCUT2D eigenvalue weighted by Gasteiger charge is -2.26. The molecule has 1 amide bonds. The number of hydrogen-bond acceptors (Lipinski definition) is 2. The lowest BCUT2D eigenvalue weighted by molar-refractivity contribution is 0.0950. The summed E-state index contributed by atoms with van der Waals surface area (Å²) in [4.78, 5) is 12.1. The molecule has 0 spiro atoms. The van der Waals surface area contributed by atoms with Gasteiger partial charge in [0.15, 0.2) is 0 Å². The van der Waals surface area contributed by atoms with Gasteiger partial charge in [0.25, 0.3) is 5.91 Å². The highest BCUT2D eigenvalue weighted by Gasteiger charge is 2.18. The summed E-state index contributed by atoms with van der Waals surface area (Å²) in [6.07, 6.45) is 6.41. The normalized spacial score (nSPS) is 22.5. The summed E-state index contributed by atoms with van der Waals surface area (Å²) >= 11 is 0. The van der Waals surface area contributed by atoms with Gasteiger partial charge in [0.05, 0.1) is 5.56 Å². The Hall–Kier alpha value is -1.51. The van der Waals surface area contributed by atoms with Crippen LogP contribution >= 0.6 is 0 Å². The third kappa shape index (κ3) is 3.99. The molecule has 3 heteroatoms. The summed E-state index contributed by atoms with van der Waals surface area (Å²) in [5.41, 5.74) is 8.13. The Kier molecular flexibility index (Phi) is 5.05. The Labute approximate surface area is 121 Å². The number of nitrogens with one attached hydrogen (secondary N) is 1. The van der Waals surface area contributed by atoms with Gasteiger partial charge in [0, 0.05) is 12.2 Å². The zero-order chi connectivity index (χ0) is 14.5. The van der Waals surface area contributed by atoms with Crippen LogP contribution in [0, 0.1) is 18.8 Å². The first-order chi connectivity index (χ1) is 9.56. The van der Waals surface area contributed by atoms with Crippen LogP contribution in [0.25, 0.3) is 0 Å². The molecule has 1 fully saturated rings. The molecule has 0 heterocycles. The number of carbonyl (C=O) groups is 1. The first-order valence-corrected chi connectivity index (χ1v) is 7.70. The predicted molar refractivity (Wildman–Crippen MR) is 83.7 cm³/mol. The van der Waals surface area contributed by atoms with Crippen LogP contribution in [0.2, 0.25) is 0 Å². The van der Waals surface area contributed by atoms with Gasteiger partial charge in [-0.05, 0) is 49.3 Å². The Morgan fingerprint density at radius 2 is 2.20 bits per heavy atom. The Morgan fingerprint density at radius 3 is 2.90 bits per heavy atom. The summed E-state index contributed by atoms with van der Waals surface area (Å²) in [5.74, 6) is 1.57. The molecule has 0 bridgehead atoms. The summed E-state index contributed by atoms with van der Waals surface area (Å²) in [7, 11) is 0. The van der Waals surface area contributed by atoms with E-state index in [1.165, 1.54) is 25.7 Å². The van der Waals surface area contributed by atoms with Crippen molar-refractivity contribution in [2.75, 3.05) is 12.3 Å². The fourth-order valence-electron chi connectivity index (χ4n) is 3.20. The fourth-order valence-corrected chi connectivity index (χ4v) is 3.20. The summed E-state index contributed by atoms with van der Waals surface area (Å²) in [6, 6.07) is 5.58. The fraction of sp³-hybridized carbons (Fsp3) is 0.588. The summed E-state index contributed by atoms with van der Waals surface area (Å²) in [5, 5.41) is 3.00. The van der Waals surface area contributed by atoms with E-state index in [-0.39, 0.29) is 5.91 Å². The molecule has 0 aliphatic heterocycles. The minimum Gasteiger partial charge on any atom is -0.398 e. The topological polar surface area (TPSA) is 55.1 Å². The van der Waals surface area contributed by atoms with Gasteiger partial charge in [-0.15, -0.1) is 0 Å². The number of benzene rings is 1. The van der Waals surface area contributed by atoms with Crippen molar-refractivity contribution < 1.29 is 4.79 Å². The molecule has 0 saturated heterocycles. The smallest absolute Gasteiger partial charge is 0.253 e. The average molecular weight is 274 g/mol. The quantitative estimate of drug-likeness (QED) is 0.825. The van der Waals surface area contributed by atoms with E-state index >= 15 is 0 Å². The van der Waals surface area contributed by atoms with Crippen molar-refractivity contribution in [2.45, 2.75) is 46.0 Å². The zero-order valence-electron chi connectivity index (χ0n) is 12.6. The van der Waals surface area contributed by atoms with Crippen LogP contribution in [0.4, 0.5) is 5.69 Å². The standard InChI is InChI=1S/C17H26N2O/c1-12-4-3-5-14(10-12)8-9-19-17(20)15-7-6-13(2)11-16(15)18/h6-7,11-12,14H,3-5,8-10,18H2,1-2H3,(H,19,20). The van der Waals surface area contributed by atoms with Gasteiger partial charge in [0.2, 0.25) is 0 Å². The summed E-state index contributed by atoms with van der Waals surface area (Å²) < 4.78 is 0. The lowest BCUT2D eigenvalue weighted by Crippen LogP contribution is -2.27. The van der Waals surface area contributed by atoms with E-state index in [1.807, 2.05) is 25.1 Å². The minimum absolute atomic E-state index is 0.0497. The Morgan fingerprint density at radius 1 is 1.40 bits per heavy atom. The van der Waals surface area contributed by atoms with Crippen molar-refractivity contribution >= 4 is 11.6 Å². The van der Waals surface area contributed by atoms with Crippen LogP contribution < -0.4 is 11.1 Å². The molecule has 3 nitrogen and oxygen atoms in total. The van der Waals surface area contributed by atoms with Crippen LogP contribution in [-0.2, 0) is 0 Å². The number of nitrogens with two attached hydrogens (primary N) is 1. The molecule has 20 heavy (non-hydrogen) atoms. The van der Waals surface area contributed by atoms with Crippen molar-refractivity contribution in [1.82, 2.24) is 5.32 Å². The molecule has 1 aromatic carbocycles. The molecule has 0 radical (unpaired) electrons. The van der Waals surface area contributed by atoms with E-state index in [0.29, 0.717) is 11.3 Å². The van der Waals surface area contributed by atoms with Crippen molar-refractivity contribution in [2.24, 2.45) is 11.8 Å². The van der Waals surface area contributed by atoms with Crippen LogP contribution in [0.1, 0.15) is 54.9 Å². The predicted octanol–water partition coefficient (Wildman–Crippen LogP) is 3.52. The van der Waals surface area contributed by atoms with Gasteiger partial charge in [-0.25, -0.2) is 0 Å². The Bertz CT molecular complexity index is 470. The molecule has 1 saturated carbocycles. The Balaban J connectivity index is 1.80. The molecule has 1 aliphatic carbocycles. The molecule has 2 unspecified atom stereocenters. The van der Waals surface area contributed by atoms with Gasteiger partial charge < -0.3 is 11.1 Å². The molecule has 1 aromatic rings. The number of rotatable bonds is 4.